The van der Waals surface area contributed by atoms with Gasteiger partial charge in [-0.3, -0.25) is 0 Å². The third kappa shape index (κ3) is 4.34. The normalized spacial score (nSPS) is 10.6. The molecule has 2 aromatic rings. The van der Waals surface area contributed by atoms with Crippen LogP contribution in [0.5, 0.6) is 0 Å². The fourth-order valence-electron chi connectivity index (χ4n) is 1.36. The van der Waals surface area contributed by atoms with Crippen LogP contribution in [0.1, 0.15) is 11.1 Å². The first-order valence-corrected chi connectivity index (χ1v) is 9.85. The third-order valence-corrected chi connectivity index (χ3v) is 6.10. The quantitative estimate of drug-likeness (QED) is 0.425. The van der Waals surface area contributed by atoms with Gasteiger partial charge < -0.3 is 0 Å². The van der Waals surface area contributed by atoms with Gasteiger partial charge >= 0.3 is 0 Å². The molecule has 0 unspecified atom stereocenters. The minimum atomic E-state index is 0.916. The summed E-state index contributed by atoms with van der Waals surface area (Å²) < 4.78 is 0. The Bertz CT molecular complexity index is 433. The van der Waals surface area contributed by atoms with E-state index in [0.29, 0.717) is 0 Å². The van der Waals surface area contributed by atoms with Crippen molar-refractivity contribution in [2.75, 3.05) is 0 Å². The van der Waals surface area contributed by atoms with Gasteiger partial charge in [0.1, 0.15) is 0 Å². The Kier molecular flexibility index (Phi) is 6.15. The zero-order chi connectivity index (χ0) is 12.8. The molecule has 0 N–H and O–H groups in total. The SMILES string of the molecule is BrCc1ccc(SSc2ccc(CBr)cc2)cc1. The Hall–Kier alpha value is 0.1000. The molecule has 0 aromatic heterocycles. The molecule has 0 aliphatic heterocycles. The fraction of sp³-hybridized carbons (Fsp3) is 0.143. The van der Waals surface area contributed by atoms with Crippen molar-refractivity contribution in [3.8, 4) is 0 Å². The molecular formula is C14H12Br2S2. The Balaban J connectivity index is 1.93. The predicted molar refractivity (Wildman–Crippen MR) is 89.9 cm³/mol. The molecule has 0 saturated heterocycles. The third-order valence-electron chi connectivity index (χ3n) is 2.39. The maximum atomic E-state index is 3.46. The molecule has 0 nitrogen and oxygen atoms in total. The summed E-state index contributed by atoms with van der Waals surface area (Å²) in [4.78, 5) is 2.57. The monoisotopic (exact) mass is 402 g/mol. The summed E-state index contributed by atoms with van der Waals surface area (Å²) in [7, 11) is 3.59. The predicted octanol–water partition coefficient (Wildman–Crippen LogP) is 6.28. The van der Waals surface area contributed by atoms with E-state index in [1.165, 1.54) is 20.9 Å². The minimum Gasteiger partial charge on any atom is -0.0876 e. The van der Waals surface area contributed by atoms with E-state index in [-0.39, 0.29) is 0 Å². The van der Waals surface area contributed by atoms with Crippen LogP contribution in [0.4, 0.5) is 0 Å². The molecule has 18 heavy (non-hydrogen) atoms. The number of hydrogen-bond donors (Lipinski definition) is 0. The summed E-state index contributed by atoms with van der Waals surface area (Å²) in [6.45, 7) is 0. The van der Waals surface area contributed by atoms with Gasteiger partial charge in [0, 0.05) is 20.5 Å². The Morgan fingerprint density at radius 3 is 1.22 bits per heavy atom. The van der Waals surface area contributed by atoms with Crippen LogP contribution in [0, 0.1) is 0 Å². The molecule has 0 atom stereocenters. The maximum Gasteiger partial charge on any atom is 0.0283 e. The standard InChI is InChI=1S/C14H12Br2S2/c15-9-11-1-5-13(6-2-11)17-18-14-7-3-12(10-16)4-8-14/h1-8H,9-10H2. The lowest BCUT2D eigenvalue weighted by atomic mass is 10.2. The van der Waals surface area contributed by atoms with Gasteiger partial charge in [-0.15, -0.1) is 0 Å². The van der Waals surface area contributed by atoms with Crippen LogP contribution in [0.2, 0.25) is 0 Å². The lowest BCUT2D eigenvalue weighted by Crippen LogP contribution is -1.77. The highest BCUT2D eigenvalue weighted by molar-refractivity contribution is 9.08. The molecule has 0 saturated carbocycles. The number of halogens is 2. The van der Waals surface area contributed by atoms with E-state index in [2.05, 4.69) is 80.4 Å². The lowest BCUT2D eigenvalue weighted by molar-refractivity contribution is 1.36. The minimum absolute atomic E-state index is 0.916. The van der Waals surface area contributed by atoms with Crippen molar-refractivity contribution in [3.05, 3.63) is 59.7 Å². The van der Waals surface area contributed by atoms with Crippen LogP contribution in [0.3, 0.4) is 0 Å². The summed E-state index contributed by atoms with van der Waals surface area (Å²) in [6, 6.07) is 17.3. The van der Waals surface area contributed by atoms with E-state index in [4.69, 9.17) is 0 Å². The first kappa shape index (κ1) is 14.5. The first-order chi connectivity index (χ1) is 8.81. The lowest BCUT2D eigenvalue weighted by Gasteiger charge is -2.03. The van der Waals surface area contributed by atoms with E-state index < -0.39 is 0 Å². The molecule has 0 aliphatic rings. The Morgan fingerprint density at radius 1 is 0.611 bits per heavy atom. The molecule has 0 heterocycles. The smallest absolute Gasteiger partial charge is 0.0283 e. The van der Waals surface area contributed by atoms with Gasteiger partial charge in [0.25, 0.3) is 0 Å². The van der Waals surface area contributed by atoms with Crippen molar-refractivity contribution in [1.29, 1.82) is 0 Å². The second kappa shape index (κ2) is 7.63. The molecule has 0 fully saturated rings. The molecule has 0 aliphatic carbocycles. The van der Waals surface area contributed by atoms with Gasteiger partial charge in [-0.1, -0.05) is 77.7 Å². The molecule has 2 aromatic carbocycles. The molecule has 0 spiro atoms. The number of rotatable bonds is 5. The van der Waals surface area contributed by atoms with Gasteiger partial charge in [0.05, 0.1) is 0 Å². The molecule has 2 rings (SSSR count). The zero-order valence-corrected chi connectivity index (χ0v) is 14.4. The Labute approximate surface area is 133 Å². The van der Waals surface area contributed by atoms with Crippen LogP contribution >= 0.6 is 53.4 Å². The molecule has 0 radical (unpaired) electrons. The van der Waals surface area contributed by atoms with Crippen LogP contribution in [0.25, 0.3) is 0 Å². The first-order valence-electron chi connectivity index (χ1n) is 5.46. The number of hydrogen-bond acceptors (Lipinski definition) is 2. The van der Waals surface area contributed by atoms with Crippen molar-refractivity contribution in [2.24, 2.45) is 0 Å². The van der Waals surface area contributed by atoms with Crippen molar-refractivity contribution >= 4 is 53.4 Å². The number of benzene rings is 2. The molecule has 4 heteroatoms. The van der Waals surface area contributed by atoms with E-state index in [1.807, 2.05) is 0 Å². The summed E-state index contributed by atoms with van der Waals surface area (Å²) >= 11 is 6.91. The van der Waals surface area contributed by atoms with Crippen LogP contribution in [-0.2, 0) is 10.7 Å². The highest BCUT2D eigenvalue weighted by atomic mass is 79.9. The second-order valence-electron chi connectivity index (χ2n) is 3.72. The summed E-state index contributed by atoms with van der Waals surface area (Å²) in [5.74, 6) is 0. The molecule has 94 valence electrons. The van der Waals surface area contributed by atoms with Gasteiger partial charge in [0.15, 0.2) is 0 Å². The van der Waals surface area contributed by atoms with Crippen LogP contribution < -0.4 is 0 Å². The topological polar surface area (TPSA) is 0 Å². The zero-order valence-electron chi connectivity index (χ0n) is 9.61. The maximum absolute atomic E-state index is 3.46. The van der Waals surface area contributed by atoms with E-state index in [1.54, 1.807) is 21.6 Å². The van der Waals surface area contributed by atoms with Crippen molar-refractivity contribution in [2.45, 2.75) is 20.5 Å². The highest BCUT2D eigenvalue weighted by Crippen LogP contribution is 2.37. The molecular weight excluding hydrogens is 392 g/mol. The van der Waals surface area contributed by atoms with Crippen molar-refractivity contribution in [1.82, 2.24) is 0 Å². The van der Waals surface area contributed by atoms with Gasteiger partial charge in [-0.05, 0) is 35.4 Å². The van der Waals surface area contributed by atoms with Crippen molar-refractivity contribution < 1.29 is 0 Å². The summed E-state index contributed by atoms with van der Waals surface area (Å²) in [5.41, 5.74) is 2.62. The van der Waals surface area contributed by atoms with Gasteiger partial charge in [-0.2, -0.15) is 0 Å². The fourth-order valence-corrected chi connectivity index (χ4v) is 4.04. The van der Waals surface area contributed by atoms with E-state index in [9.17, 15) is 0 Å². The van der Waals surface area contributed by atoms with Crippen molar-refractivity contribution in [3.63, 3.8) is 0 Å². The average Bonchev–Trinajstić information content (AvgIpc) is 2.46. The van der Waals surface area contributed by atoms with Gasteiger partial charge in [-0.25, -0.2) is 0 Å². The second-order valence-corrected chi connectivity index (χ2v) is 7.12. The molecule has 0 amide bonds. The summed E-state index contributed by atoms with van der Waals surface area (Å²) in [6.07, 6.45) is 0. The average molecular weight is 404 g/mol. The highest BCUT2D eigenvalue weighted by Gasteiger charge is 1.98. The van der Waals surface area contributed by atoms with Crippen LogP contribution in [-0.4, -0.2) is 0 Å². The molecule has 0 bridgehead atoms. The van der Waals surface area contributed by atoms with Gasteiger partial charge in [0.2, 0.25) is 0 Å². The Morgan fingerprint density at radius 2 is 0.944 bits per heavy atom. The number of alkyl halides is 2. The van der Waals surface area contributed by atoms with E-state index in [0.717, 1.165) is 10.7 Å². The van der Waals surface area contributed by atoms with E-state index >= 15 is 0 Å². The summed E-state index contributed by atoms with van der Waals surface area (Å²) in [5, 5.41) is 1.83. The van der Waals surface area contributed by atoms with Crippen LogP contribution in [0.15, 0.2) is 58.3 Å². The largest absolute Gasteiger partial charge is 0.0876 e.